The molecule has 0 saturated carbocycles. The molecule has 0 aliphatic carbocycles. The fraction of sp³-hybridized carbons (Fsp3) is 0.316. The summed E-state index contributed by atoms with van der Waals surface area (Å²) in [5, 5.41) is 8.72. The minimum atomic E-state index is -0.826. The molecule has 5 aromatic rings. The Hall–Kier alpha value is -4.50. The summed E-state index contributed by atoms with van der Waals surface area (Å²) in [6.45, 7) is 12.3. The van der Waals surface area contributed by atoms with Crippen LogP contribution in [0, 0.1) is 0 Å². The smallest absolute Gasteiger partial charge is 0.164 e. The van der Waals surface area contributed by atoms with Crippen LogP contribution in [-0.4, -0.2) is 45.3 Å². The topological polar surface area (TPSA) is 79.1 Å². The van der Waals surface area contributed by atoms with Crippen molar-refractivity contribution in [2.24, 2.45) is 0 Å². The third-order valence-electron chi connectivity index (χ3n) is 9.36. The fourth-order valence-corrected chi connectivity index (χ4v) is 7.38. The predicted octanol–water partition coefficient (Wildman–Crippen LogP) is 7.55. The summed E-state index contributed by atoms with van der Waals surface area (Å²) < 4.78 is 27.1. The van der Waals surface area contributed by atoms with E-state index < -0.39 is 23.0 Å². The van der Waals surface area contributed by atoms with E-state index in [1.54, 1.807) is 13.4 Å². The first-order valence-corrected chi connectivity index (χ1v) is 15.8. The highest BCUT2D eigenvalue weighted by molar-refractivity contribution is 5.82. The largest absolute Gasteiger partial charge is 0.497 e. The van der Waals surface area contributed by atoms with Crippen molar-refractivity contribution in [3.05, 3.63) is 132 Å². The standard InChI is InChI=1S/C38H40N4O4/c1-7-25-23-30(33-37(5)34(31(8-2)44-33)45-36(3,4)46-37)42-32(25)35(39-24-40-42)41-38(26-15-11-9-12-16-26,27-17-13-10-14-18-27)28-19-21-29(43-6)22-20-28/h7,9-24,31,33-34H,1,8H2,2-6H3,(H,39,40,41)/t31-,33+,34-,37+/m1/s1. The zero-order valence-electron chi connectivity index (χ0n) is 26.9. The van der Waals surface area contributed by atoms with Gasteiger partial charge in [-0.1, -0.05) is 92.4 Å². The Bertz CT molecular complexity index is 1820. The fourth-order valence-electron chi connectivity index (χ4n) is 7.38. The van der Waals surface area contributed by atoms with Gasteiger partial charge >= 0.3 is 0 Å². The number of hydrogen-bond donors (Lipinski definition) is 1. The van der Waals surface area contributed by atoms with Gasteiger partial charge in [-0.15, -0.1) is 0 Å². The molecule has 0 bridgehead atoms. The summed E-state index contributed by atoms with van der Waals surface area (Å²) in [4.78, 5) is 4.88. The van der Waals surface area contributed by atoms with Gasteiger partial charge in [-0.2, -0.15) is 5.10 Å². The van der Waals surface area contributed by atoms with Crippen molar-refractivity contribution >= 4 is 17.4 Å². The van der Waals surface area contributed by atoms with Crippen LogP contribution in [0.2, 0.25) is 0 Å². The first-order valence-electron chi connectivity index (χ1n) is 15.8. The lowest BCUT2D eigenvalue weighted by molar-refractivity contribution is -0.204. The minimum Gasteiger partial charge on any atom is -0.497 e. The molecule has 2 aliphatic rings. The van der Waals surface area contributed by atoms with Gasteiger partial charge in [0, 0.05) is 5.56 Å². The van der Waals surface area contributed by atoms with Gasteiger partial charge in [-0.3, -0.25) is 0 Å². The summed E-state index contributed by atoms with van der Waals surface area (Å²) in [6.07, 6.45) is 3.47. The molecule has 0 amide bonds. The summed E-state index contributed by atoms with van der Waals surface area (Å²) in [5.74, 6) is 0.701. The Labute approximate surface area is 270 Å². The second-order valence-electron chi connectivity index (χ2n) is 12.6. The van der Waals surface area contributed by atoms with E-state index in [4.69, 9.17) is 29.0 Å². The molecular formula is C38H40N4O4. The normalized spacial score (nSPS) is 23.7. The molecule has 236 valence electrons. The molecule has 8 heteroatoms. The highest BCUT2D eigenvalue weighted by atomic mass is 16.8. The third-order valence-corrected chi connectivity index (χ3v) is 9.36. The first kappa shape index (κ1) is 30.2. The quantitative estimate of drug-likeness (QED) is 0.171. The van der Waals surface area contributed by atoms with E-state index in [2.05, 4.69) is 92.5 Å². The molecule has 2 fully saturated rings. The number of aromatic nitrogens is 3. The molecule has 2 aromatic heterocycles. The third kappa shape index (κ3) is 4.71. The van der Waals surface area contributed by atoms with Gasteiger partial charge in [0.1, 0.15) is 40.9 Å². The van der Waals surface area contributed by atoms with E-state index in [1.165, 1.54) is 0 Å². The van der Waals surface area contributed by atoms with E-state index in [0.717, 1.165) is 45.6 Å². The van der Waals surface area contributed by atoms with Crippen LogP contribution in [-0.2, 0) is 19.7 Å². The Morgan fingerprint density at radius 2 is 1.59 bits per heavy atom. The SMILES string of the molecule is C=Cc1cc([C@@H]2O[C@H](CC)[C@H]3OC(C)(C)O[C@]32C)n2ncnc(NC(c3ccccc3)(c3ccccc3)c3ccc(OC)cc3)c12. The Balaban J connectivity index is 1.44. The first-order chi connectivity index (χ1) is 22.2. The van der Waals surface area contributed by atoms with Crippen LogP contribution in [0.15, 0.2) is 104 Å². The summed E-state index contributed by atoms with van der Waals surface area (Å²) in [7, 11) is 1.68. The average Bonchev–Trinajstić information content (AvgIpc) is 3.67. The number of benzene rings is 3. The van der Waals surface area contributed by atoms with Crippen LogP contribution in [0.25, 0.3) is 11.6 Å². The van der Waals surface area contributed by atoms with E-state index >= 15 is 0 Å². The van der Waals surface area contributed by atoms with E-state index in [0.29, 0.717) is 5.82 Å². The van der Waals surface area contributed by atoms with Crippen molar-refractivity contribution in [2.75, 3.05) is 12.4 Å². The van der Waals surface area contributed by atoms with E-state index in [1.807, 2.05) is 48.7 Å². The van der Waals surface area contributed by atoms with Crippen molar-refractivity contribution in [2.45, 2.75) is 69.4 Å². The number of fused-ring (bicyclic) bond motifs is 2. The van der Waals surface area contributed by atoms with Crippen molar-refractivity contribution in [3.63, 3.8) is 0 Å². The Kier molecular flexibility index (Phi) is 7.47. The summed E-state index contributed by atoms with van der Waals surface area (Å²) >= 11 is 0. The molecule has 8 nitrogen and oxygen atoms in total. The molecular weight excluding hydrogens is 576 g/mol. The van der Waals surface area contributed by atoms with Crippen LogP contribution in [0.1, 0.15) is 68.2 Å². The molecule has 46 heavy (non-hydrogen) atoms. The number of nitrogens with zero attached hydrogens (tertiary/aromatic N) is 3. The van der Waals surface area contributed by atoms with E-state index in [9.17, 15) is 0 Å². The lowest BCUT2D eigenvalue weighted by atomic mass is 9.77. The molecule has 0 unspecified atom stereocenters. The molecule has 0 radical (unpaired) electrons. The van der Waals surface area contributed by atoms with E-state index in [-0.39, 0.29) is 12.2 Å². The number of anilines is 1. The lowest BCUT2D eigenvalue weighted by Gasteiger charge is -2.37. The molecule has 2 aliphatic heterocycles. The van der Waals surface area contributed by atoms with Gasteiger partial charge in [-0.05, 0) is 62.1 Å². The van der Waals surface area contributed by atoms with Gasteiger partial charge < -0.3 is 24.3 Å². The van der Waals surface area contributed by atoms with Crippen LogP contribution < -0.4 is 10.1 Å². The molecule has 0 spiro atoms. The monoisotopic (exact) mass is 616 g/mol. The van der Waals surface area contributed by atoms with Crippen LogP contribution in [0.3, 0.4) is 0 Å². The second kappa shape index (κ2) is 11.4. The van der Waals surface area contributed by atoms with Crippen molar-refractivity contribution in [1.82, 2.24) is 14.6 Å². The second-order valence-corrected chi connectivity index (χ2v) is 12.6. The van der Waals surface area contributed by atoms with Crippen LogP contribution >= 0.6 is 0 Å². The van der Waals surface area contributed by atoms with Crippen LogP contribution in [0.4, 0.5) is 5.82 Å². The Morgan fingerprint density at radius 1 is 0.957 bits per heavy atom. The number of nitrogens with one attached hydrogen (secondary N) is 1. The van der Waals surface area contributed by atoms with Crippen molar-refractivity contribution in [1.29, 1.82) is 0 Å². The van der Waals surface area contributed by atoms with Crippen LogP contribution in [0.5, 0.6) is 5.75 Å². The van der Waals surface area contributed by atoms with Crippen molar-refractivity contribution in [3.8, 4) is 5.75 Å². The maximum absolute atomic E-state index is 6.70. The molecule has 3 aromatic carbocycles. The highest BCUT2D eigenvalue weighted by Crippen LogP contribution is 2.54. The average molecular weight is 617 g/mol. The number of methoxy groups -OCH3 is 1. The molecule has 7 rings (SSSR count). The minimum absolute atomic E-state index is 0.118. The molecule has 4 heterocycles. The molecule has 2 saturated heterocycles. The number of ether oxygens (including phenoxy) is 4. The van der Waals surface area contributed by atoms with Gasteiger partial charge in [0.15, 0.2) is 11.6 Å². The highest BCUT2D eigenvalue weighted by Gasteiger charge is 2.64. The summed E-state index contributed by atoms with van der Waals surface area (Å²) in [5.41, 5.74) is 4.11. The number of rotatable bonds is 9. The zero-order valence-corrected chi connectivity index (χ0v) is 26.9. The predicted molar refractivity (Wildman–Crippen MR) is 179 cm³/mol. The zero-order chi connectivity index (χ0) is 32.1. The molecule has 4 atom stereocenters. The Morgan fingerprint density at radius 3 is 2.17 bits per heavy atom. The van der Waals surface area contributed by atoms with Gasteiger partial charge in [0.2, 0.25) is 0 Å². The lowest BCUT2D eigenvalue weighted by Crippen LogP contribution is -2.40. The van der Waals surface area contributed by atoms with Gasteiger partial charge in [0.05, 0.1) is 18.9 Å². The van der Waals surface area contributed by atoms with Gasteiger partial charge in [0.25, 0.3) is 0 Å². The maximum Gasteiger partial charge on any atom is 0.164 e. The van der Waals surface area contributed by atoms with Crippen molar-refractivity contribution < 1.29 is 18.9 Å². The molecule has 1 N–H and O–H groups in total. The summed E-state index contributed by atoms with van der Waals surface area (Å²) in [6, 6.07) is 31.1. The maximum atomic E-state index is 6.70. The number of hydrogen-bond acceptors (Lipinski definition) is 7. The van der Waals surface area contributed by atoms with Gasteiger partial charge in [-0.25, -0.2) is 9.50 Å².